The molecule has 3 rings (SSSR count). The first-order chi connectivity index (χ1) is 11.6. The minimum Gasteiger partial charge on any atom is -0.474 e. The van der Waals surface area contributed by atoms with Crippen LogP contribution in [0.25, 0.3) is 0 Å². The van der Waals surface area contributed by atoms with Gasteiger partial charge in [0.2, 0.25) is 6.10 Å². The molecule has 0 N–H and O–H groups in total. The van der Waals surface area contributed by atoms with Crippen LogP contribution in [0.1, 0.15) is 11.7 Å². The summed E-state index contributed by atoms with van der Waals surface area (Å²) in [4.78, 5) is 14.7. The number of hydrogen-bond acceptors (Lipinski definition) is 3. The quantitative estimate of drug-likeness (QED) is 0.822. The third kappa shape index (κ3) is 4.01. The Bertz CT molecular complexity index is 703. The van der Waals surface area contributed by atoms with Crippen molar-refractivity contribution in [1.82, 2.24) is 4.90 Å². The molecule has 1 amide bonds. The van der Waals surface area contributed by atoms with Crippen molar-refractivity contribution in [1.29, 1.82) is 0 Å². The van der Waals surface area contributed by atoms with E-state index in [1.807, 2.05) is 30.3 Å². The van der Waals surface area contributed by atoms with E-state index in [1.54, 1.807) is 23.1 Å². The SMILES string of the molecule is O=C(C(Oc1ccc(Cl)cc1Cl)c1ccccc1)N1CCOCC1. The molecule has 0 aliphatic carbocycles. The van der Waals surface area contributed by atoms with Gasteiger partial charge in [-0.2, -0.15) is 0 Å². The number of nitrogens with zero attached hydrogens (tertiary/aromatic N) is 1. The van der Waals surface area contributed by atoms with Crippen LogP contribution in [-0.4, -0.2) is 37.1 Å². The molecule has 126 valence electrons. The van der Waals surface area contributed by atoms with Crippen molar-refractivity contribution < 1.29 is 14.3 Å². The summed E-state index contributed by atoms with van der Waals surface area (Å²) in [5.74, 6) is 0.326. The van der Waals surface area contributed by atoms with Gasteiger partial charge in [0.05, 0.1) is 18.2 Å². The number of ether oxygens (including phenoxy) is 2. The number of carbonyl (C=O) groups excluding carboxylic acids is 1. The molecule has 1 aliphatic rings. The Morgan fingerprint density at radius 2 is 1.79 bits per heavy atom. The van der Waals surface area contributed by atoms with Gasteiger partial charge in [-0.1, -0.05) is 53.5 Å². The highest BCUT2D eigenvalue weighted by atomic mass is 35.5. The molecule has 24 heavy (non-hydrogen) atoms. The van der Waals surface area contributed by atoms with E-state index in [9.17, 15) is 4.79 Å². The smallest absolute Gasteiger partial charge is 0.268 e. The van der Waals surface area contributed by atoms with E-state index in [2.05, 4.69) is 0 Å². The van der Waals surface area contributed by atoms with Crippen LogP contribution < -0.4 is 4.74 Å². The molecule has 1 aliphatic heterocycles. The van der Waals surface area contributed by atoms with E-state index in [-0.39, 0.29) is 5.91 Å². The molecule has 0 radical (unpaired) electrons. The molecular formula is C18H17Cl2NO3. The topological polar surface area (TPSA) is 38.8 Å². The Balaban J connectivity index is 1.88. The molecular weight excluding hydrogens is 349 g/mol. The van der Waals surface area contributed by atoms with Crippen LogP contribution in [-0.2, 0) is 9.53 Å². The van der Waals surface area contributed by atoms with E-state index in [4.69, 9.17) is 32.7 Å². The second-order valence-electron chi connectivity index (χ2n) is 5.42. The fourth-order valence-corrected chi connectivity index (χ4v) is 2.99. The van der Waals surface area contributed by atoms with Crippen LogP contribution >= 0.6 is 23.2 Å². The fraction of sp³-hybridized carbons (Fsp3) is 0.278. The largest absolute Gasteiger partial charge is 0.474 e. The number of rotatable bonds is 4. The zero-order valence-electron chi connectivity index (χ0n) is 13.0. The van der Waals surface area contributed by atoms with Crippen LogP contribution in [0.5, 0.6) is 5.75 Å². The Labute approximate surface area is 150 Å². The van der Waals surface area contributed by atoms with Crippen LogP contribution in [0.2, 0.25) is 10.0 Å². The van der Waals surface area contributed by atoms with E-state index < -0.39 is 6.10 Å². The summed E-state index contributed by atoms with van der Waals surface area (Å²) >= 11 is 12.1. The summed E-state index contributed by atoms with van der Waals surface area (Å²) < 4.78 is 11.3. The third-order valence-electron chi connectivity index (χ3n) is 3.79. The molecule has 0 bridgehead atoms. The molecule has 2 aromatic carbocycles. The van der Waals surface area contributed by atoms with Crippen molar-refractivity contribution >= 4 is 29.1 Å². The normalized spacial score (nSPS) is 15.8. The summed E-state index contributed by atoms with van der Waals surface area (Å²) in [7, 11) is 0. The van der Waals surface area contributed by atoms with E-state index in [1.165, 1.54) is 0 Å². The number of carbonyl (C=O) groups is 1. The fourth-order valence-electron chi connectivity index (χ4n) is 2.54. The first-order valence-electron chi connectivity index (χ1n) is 7.68. The number of hydrogen-bond donors (Lipinski definition) is 0. The van der Waals surface area contributed by atoms with Gasteiger partial charge in [0.15, 0.2) is 0 Å². The van der Waals surface area contributed by atoms with Gasteiger partial charge < -0.3 is 14.4 Å². The Morgan fingerprint density at radius 1 is 1.08 bits per heavy atom. The minimum absolute atomic E-state index is 0.101. The van der Waals surface area contributed by atoms with Gasteiger partial charge in [-0.05, 0) is 18.2 Å². The molecule has 1 unspecified atom stereocenters. The molecule has 4 nitrogen and oxygen atoms in total. The van der Waals surface area contributed by atoms with Crippen molar-refractivity contribution in [3.05, 3.63) is 64.1 Å². The number of benzene rings is 2. The predicted octanol–water partition coefficient (Wildman–Crippen LogP) is 3.97. The average molecular weight is 366 g/mol. The third-order valence-corrected chi connectivity index (χ3v) is 4.32. The second-order valence-corrected chi connectivity index (χ2v) is 6.26. The summed E-state index contributed by atoms with van der Waals surface area (Å²) in [5, 5.41) is 0.890. The van der Waals surface area contributed by atoms with Crippen molar-refractivity contribution in [2.75, 3.05) is 26.3 Å². The minimum atomic E-state index is -0.761. The maximum atomic E-state index is 13.0. The van der Waals surface area contributed by atoms with E-state index >= 15 is 0 Å². The zero-order valence-corrected chi connectivity index (χ0v) is 14.5. The number of halogens is 2. The van der Waals surface area contributed by atoms with E-state index in [0.29, 0.717) is 42.1 Å². The lowest BCUT2D eigenvalue weighted by molar-refractivity contribution is -0.143. The molecule has 0 aromatic heterocycles. The lowest BCUT2D eigenvalue weighted by Crippen LogP contribution is -2.44. The molecule has 2 aromatic rings. The van der Waals surface area contributed by atoms with Crippen molar-refractivity contribution in [2.45, 2.75) is 6.10 Å². The van der Waals surface area contributed by atoms with Gasteiger partial charge >= 0.3 is 0 Å². The molecule has 1 fully saturated rings. The van der Waals surface area contributed by atoms with Crippen LogP contribution in [0, 0.1) is 0 Å². The first kappa shape index (κ1) is 17.1. The maximum Gasteiger partial charge on any atom is 0.268 e. The van der Waals surface area contributed by atoms with Crippen LogP contribution in [0.4, 0.5) is 0 Å². The Hall–Kier alpha value is -1.75. The molecule has 1 saturated heterocycles. The predicted molar refractivity (Wildman–Crippen MR) is 93.7 cm³/mol. The summed E-state index contributed by atoms with van der Waals surface area (Å²) in [6.45, 7) is 2.18. The molecule has 0 saturated carbocycles. The van der Waals surface area contributed by atoms with Gasteiger partial charge in [-0.3, -0.25) is 4.79 Å². The van der Waals surface area contributed by atoms with E-state index in [0.717, 1.165) is 5.56 Å². The van der Waals surface area contributed by atoms with Crippen LogP contribution in [0.15, 0.2) is 48.5 Å². The Morgan fingerprint density at radius 3 is 2.46 bits per heavy atom. The standard InChI is InChI=1S/C18H17Cl2NO3/c19-14-6-7-16(15(20)12-14)24-17(13-4-2-1-3-5-13)18(22)21-8-10-23-11-9-21/h1-7,12,17H,8-11H2. The maximum absolute atomic E-state index is 13.0. The van der Waals surface area contributed by atoms with Crippen molar-refractivity contribution in [3.8, 4) is 5.75 Å². The number of amides is 1. The summed E-state index contributed by atoms with van der Waals surface area (Å²) in [5.41, 5.74) is 0.778. The highest BCUT2D eigenvalue weighted by Gasteiger charge is 2.29. The highest BCUT2D eigenvalue weighted by Crippen LogP contribution is 2.32. The monoisotopic (exact) mass is 365 g/mol. The van der Waals surface area contributed by atoms with Crippen molar-refractivity contribution in [2.24, 2.45) is 0 Å². The lowest BCUT2D eigenvalue weighted by atomic mass is 10.1. The number of morpholine rings is 1. The second kappa shape index (κ2) is 7.88. The molecule has 6 heteroatoms. The highest BCUT2D eigenvalue weighted by molar-refractivity contribution is 6.35. The molecule has 1 heterocycles. The summed E-state index contributed by atoms with van der Waals surface area (Å²) in [6.07, 6.45) is -0.761. The zero-order chi connectivity index (χ0) is 16.9. The van der Waals surface area contributed by atoms with Gasteiger partial charge in [0.25, 0.3) is 5.91 Å². The average Bonchev–Trinajstić information content (AvgIpc) is 2.62. The van der Waals surface area contributed by atoms with Gasteiger partial charge in [0.1, 0.15) is 5.75 Å². The molecule has 0 spiro atoms. The van der Waals surface area contributed by atoms with Gasteiger partial charge in [-0.25, -0.2) is 0 Å². The van der Waals surface area contributed by atoms with Crippen molar-refractivity contribution in [3.63, 3.8) is 0 Å². The lowest BCUT2D eigenvalue weighted by Gasteiger charge is -2.30. The van der Waals surface area contributed by atoms with Gasteiger partial charge in [0, 0.05) is 23.7 Å². The summed E-state index contributed by atoms with van der Waals surface area (Å²) in [6, 6.07) is 14.3. The Kier molecular flexibility index (Phi) is 5.61. The molecule has 1 atom stereocenters. The van der Waals surface area contributed by atoms with Crippen LogP contribution in [0.3, 0.4) is 0 Å². The first-order valence-corrected chi connectivity index (χ1v) is 8.44. The van der Waals surface area contributed by atoms with Gasteiger partial charge in [-0.15, -0.1) is 0 Å².